The molecule has 3 heterocycles. The van der Waals surface area contributed by atoms with Gasteiger partial charge in [0, 0.05) is 27.7 Å². The van der Waals surface area contributed by atoms with E-state index in [4.69, 9.17) is 23.4 Å². The second-order valence-electron chi connectivity index (χ2n) is 13.2. The molecule has 3 aliphatic rings. The lowest BCUT2D eigenvalue weighted by molar-refractivity contribution is 0.416. The van der Waals surface area contributed by atoms with Crippen molar-refractivity contribution in [1.82, 2.24) is 0 Å². The fraction of sp³-hybridized carbons (Fsp3) is 0.0769. The molecule has 0 spiro atoms. The average Bonchev–Trinajstić information content (AvgIpc) is 3.78. The van der Waals surface area contributed by atoms with Gasteiger partial charge in [0.15, 0.2) is 46.5 Å². The van der Waals surface area contributed by atoms with Gasteiger partial charge in [-0.3, -0.25) is 0 Å². The number of hydrogen-bond acceptors (Lipinski definition) is 5. The molecule has 0 saturated heterocycles. The first-order valence-corrected chi connectivity index (χ1v) is 16.4. The second kappa shape index (κ2) is 12.0. The quantitative estimate of drug-likeness (QED) is 0.103. The van der Waals surface area contributed by atoms with Crippen LogP contribution in [0.25, 0.3) is 22.3 Å². The first-order chi connectivity index (χ1) is 25.9. The van der Waals surface area contributed by atoms with Crippen LogP contribution in [0.4, 0.5) is 35.1 Å². The van der Waals surface area contributed by atoms with Gasteiger partial charge in [-0.05, 0) is 24.3 Å². The maximum absolute atomic E-state index is 16.1. The molecule has 0 fully saturated rings. The van der Waals surface area contributed by atoms with Crippen molar-refractivity contribution in [3.05, 3.63) is 143 Å². The number of halogens is 8. The van der Waals surface area contributed by atoms with Gasteiger partial charge in [0.2, 0.25) is 0 Å². The third-order valence-electron chi connectivity index (χ3n) is 9.82. The Kier molecular flexibility index (Phi) is 7.46. The SMILES string of the molecule is CC1(C)c2cccc(-c3c(F)c(F)c(B4Oc5ccccc5O4)c(F)c3F)c2Oc2c(-c3c(F)c(F)c(B4Oc5ccccc5O4)c(F)c3F)cccc21. The van der Waals surface area contributed by atoms with E-state index in [0.717, 1.165) is 12.1 Å². The summed E-state index contributed by atoms with van der Waals surface area (Å²) in [5, 5.41) is 0. The summed E-state index contributed by atoms with van der Waals surface area (Å²) in [6.45, 7) is 3.29. The molecule has 3 aliphatic heterocycles. The number of benzene rings is 6. The minimum atomic E-state index is -1.85. The van der Waals surface area contributed by atoms with Crippen molar-refractivity contribution in [2.75, 3.05) is 0 Å². The summed E-state index contributed by atoms with van der Waals surface area (Å²) < 4.78 is 155. The fourth-order valence-corrected chi connectivity index (χ4v) is 7.14. The average molecular weight is 742 g/mol. The zero-order valence-electron chi connectivity index (χ0n) is 27.8. The Hall–Kier alpha value is -6.11. The highest BCUT2D eigenvalue weighted by molar-refractivity contribution is 6.64. The summed E-state index contributed by atoms with van der Waals surface area (Å²) in [5.41, 5.74) is -6.23. The maximum Gasteiger partial charge on any atom is 0.639 e. The van der Waals surface area contributed by atoms with Gasteiger partial charge in [0.05, 0.1) is 22.1 Å². The van der Waals surface area contributed by atoms with Gasteiger partial charge in [0.1, 0.15) is 34.5 Å². The van der Waals surface area contributed by atoms with Crippen molar-refractivity contribution in [2.24, 2.45) is 0 Å². The van der Waals surface area contributed by atoms with E-state index in [1.807, 2.05) is 0 Å². The summed E-state index contributed by atoms with van der Waals surface area (Å²) >= 11 is 0. The second-order valence-corrected chi connectivity index (χ2v) is 13.2. The van der Waals surface area contributed by atoms with Gasteiger partial charge in [-0.1, -0.05) is 74.5 Å². The van der Waals surface area contributed by atoms with Crippen molar-refractivity contribution in [1.29, 1.82) is 0 Å². The van der Waals surface area contributed by atoms with E-state index >= 15 is 35.1 Å². The van der Waals surface area contributed by atoms with E-state index in [9.17, 15) is 0 Å². The lowest BCUT2D eigenvalue weighted by Gasteiger charge is -2.36. The van der Waals surface area contributed by atoms with Crippen LogP contribution in [0.2, 0.25) is 0 Å². The number of rotatable bonds is 4. The third kappa shape index (κ3) is 4.73. The molecule has 268 valence electrons. The first kappa shape index (κ1) is 33.7. The molecule has 9 rings (SSSR count). The van der Waals surface area contributed by atoms with Gasteiger partial charge in [-0.2, -0.15) is 0 Å². The molecule has 6 aromatic rings. The van der Waals surface area contributed by atoms with E-state index < -0.39 is 99.4 Å². The lowest BCUT2D eigenvalue weighted by Crippen LogP contribution is -2.44. The molecule has 0 radical (unpaired) electrons. The van der Waals surface area contributed by atoms with Gasteiger partial charge in [-0.15, -0.1) is 0 Å². The van der Waals surface area contributed by atoms with Gasteiger partial charge >= 0.3 is 14.2 Å². The monoisotopic (exact) mass is 742 g/mol. The minimum Gasteiger partial charge on any atom is -0.519 e. The molecule has 0 aromatic heterocycles. The number of fused-ring (bicyclic) bond motifs is 4. The summed E-state index contributed by atoms with van der Waals surface area (Å²) in [5.74, 6) is -14.7. The predicted molar refractivity (Wildman–Crippen MR) is 182 cm³/mol. The summed E-state index contributed by atoms with van der Waals surface area (Å²) in [6, 6.07) is 20.1. The van der Waals surface area contributed by atoms with Crippen molar-refractivity contribution >= 4 is 25.2 Å². The molecule has 0 amide bonds. The minimum absolute atomic E-state index is 0.0986. The molecule has 0 aliphatic carbocycles. The Bertz CT molecular complexity index is 2320. The highest BCUT2D eigenvalue weighted by Crippen LogP contribution is 2.55. The van der Waals surface area contributed by atoms with Crippen LogP contribution in [0.1, 0.15) is 25.0 Å². The van der Waals surface area contributed by atoms with Crippen LogP contribution in [0.5, 0.6) is 34.5 Å². The van der Waals surface area contributed by atoms with E-state index in [1.165, 1.54) is 48.5 Å². The van der Waals surface area contributed by atoms with Crippen molar-refractivity contribution in [3.8, 4) is 56.8 Å². The lowest BCUT2D eigenvalue weighted by atomic mass is 9.73. The maximum atomic E-state index is 16.1. The largest absolute Gasteiger partial charge is 0.639 e. The normalized spacial score (nSPS) is 14.6. The molecule has 5 nitrogen and oxygen atoms in total. The molecule has 54 heavy (non-hydrogen) atoms. The molecular formula is C39H20B2F8O5. The fourth-order valence-electron chi connectivity index (χ4n) is 7.14. The summed E-state index contributed by atoms with van der Waals surface area (Å²) in [6.07, 6.45) is 0. The predicted octanol–water partition coefficient (Wildman–Crippen LogP) is 8.90. The highest BCUT2D eigenvalue weighted by Gasteiger charge is 2.46. The van der Waals surface area contributed by atoms with E-state index in [2.05, 4.69) is 0 Å². The van der Waals surface area contributed by atoms with Crippen LogP contribution < -0.4 is 34.3 Å². The van der Waals surface area contributed by atoms with Gasteiger partial charge in [0.25, 0.3) is 0 Å². The van der Waals surface area contributed by atoms with E-state index in [0.29, 0.717) is 0 Å². The highest BCUT2D eigenvalue weighted by atomic mass is 19.2. The van der Waals surface area contributed by atoms with Crippen molar-refractivity contribution in [2.45, 2.75) is 19.3 Å². The zero-order chi connectivity index (χ0) is 37.8. The molecule has 15 heteroatoms. The summed E-state index contributed by atoms with van der Waals surface area (Å²) in [7, 11) is -3.71. The van der Waals surface area contributed by atoms with Crippen LogP contribution in [0, 0.1) is 46.5 Å². The molecule has 0 unspecified atom stereocenters. The molecule has 0 bridgehead atoms. The number of ether oxygens (including phenoxy) is 1. The molecule has 0 N–H and O–H groups in total. The Morgan fingerprint density at radius 2 is 0.722 bits per heavy atom. The Balaban J connectivity index is 1.16. The Labute approximate surface area is 301 Å². The molecule has 0 saturated carbocycles. The third-order valence-corrected chi connectivity index (χ3v) is 9.82. The molecule has 6 aromatic carbocycles. The van der Waals surface area contributed by atoms with Crippen LogP contribution in [0.3, 0.4) is 0 Å². The Morgan fingerprint density at radius 3 is 1.04 bits per heavy atom. The van der Waals surface area contributed by atoms with E-state index in [1.54, 1.807) is 38.1 Å². The summed E-state index contributed by atoms with van der Waals surface area (Å²) in [4.78, 5) is 0. The van der Waals surface area contributed by atoms with Gasteiger partial charge < -0.3 is 23.4 Å². The van der Waals surface area contributed by atoms with Crippen LogP contribution in [-0.4, -0.2) is 14.2 Å². The van der Waals surface area contributed by atoms with E-state index in [-0.39, 0.29) is 45.6 Å². The topological polar surface area (TPSA) is 46.2 Å². The Morgan fingerprint density at radius 1 is 0.407 bits per heavy atom. The molecule has 0 atom stereocenters. The van der Waals surface area contributed by atoms with Crippen LogP contribution >= 0.6 is 0 Å². The van der Waals surface area contributed by atoms with Crippen molar-refractivity contribution in [3.63, 3.8) is 0 Å². The van der Waals surface area contributed by atoms with Crippen molar-refractivity contribution < 1.29 is 58.5 Å². The standard InChI is InChI=1S/C39H20B2F8O5/c1-39(2)19-11-7-9-17(25-29(42)33(46)27(34(47)30(25)43)40-51-21-13-3-4-14-22(21)52-40)37(19)50-38-18(10-8-12-20(38)39)26-31(44)35(48)28(36(49)32(26)45)41-53-23-15-5-6-16-24(23)54-41/h3-16H,1-2H3. The number of para-hydroxylation sites is 6. The van der Waals surface area contributed by atoms with Crippen LogP contribution in [-0.2, 0) is 5.41 Å². The smallest absolute Gasteiger partial charge is 0.519 e. The molecular weight excluding hydrogens is 722 g/mol. The van der Waals surface area contributed by atoms with Gasteiger partial charge in [-0.25, -0.2) is 35.1 Å². The zero-order valence-corrected chi connectivity index (χ0v) is 27.8. The first-order valence-electron chi connectivity index (χ1n) is 16.4. The number of hydrogen-bond donors (Lipinski definition) is 0. The van der Waals surface area contributed by atoms with Crippen LogP contribution in [0.15, 0.2) is 84.9 Å².